The van der Waals surface area contributed by atoms with E-state index in [-0.39, 0.29) is 46.3 Å². The number of hydrogen-bond donors (Lipinski definition) is 1. The first-order chi connectivity index (χ1) is 10.4. The molecule has 0 fully saturated rings. The third-order valence-corrected chi connectivity index (χ3v) is 3.12. The fourth-order valence-electron chi connectivity index (χ4n) is 2.12. The number of rotatable bonds is 2. The molecule has 0 unspecified atom stereocenters. The molecule has 0 aliphatic heterocycles. The molecule has 0 spiro atoms. The van der Waals surface area contributed by atoms with E-state index in [0.717, 1.165) is 18.3 Å². The Morgan fingerprint density at radius 1 is 1.22 bits per heavy atom. The van der Waals surface area contributed by atoms with Crippen molar-refractivity contribution >= 4 is 41.2 Å². The first-order valence-corrected chi connectivity index (χ1v) is 6.11. The van der Waals surface area contributed by atoms with Gasteiger partial charge in [0.05, 0.1) is 17.5 Å². The van der Waals surface area contributed by atoms with Crippen LogP contribution in [0.5, 0.6) is 0 Å². The van der Waals surface area contributed by atoms with E-state index in [2.05, 4.69) is 10.1 Å². The minimum atomic E-state index is -4.46. The van der Waals surface area contributed by atoms with Crippen LogP contribution in [0, 0.1) is 0 Å². The van der Waals surface area contributed by atoms with E-state index in [0.29, 0.717) is 5.69 Å². The Morgan fingerprint density at radius 3 is 2.61 bits per heavy atom. The van der Waals surface area contributed by atoms with Crippen molar-refractivity contribution in [2.24, 2.45) is 0 Å². The zero-order chi connectivity index (χ0) is 15.9. The van der Waals surface area contributed by atoms with Crippen LogP contribution in [0.2, 0.25) is 0 Å². The van der Waals surface area contributed by atoms with Gasteiger partial charge in [-0.3, -0.25) is 0 Å². The molecular weight excluding hydrogens is 322 g/mol. The maximum absolute atomic E-state index is 12.8. The monoisotopic (exact) mass is 330 g/mol. The average Bonchev–Trinajstić information content (AvgIpc) is 2.90. The molecular formula is C14H8F3N3NaO2. The van der Waals surface area contributed by atoms with E-state index in [1.165, 1.54) is 28.9 Å². The Hall–Kier alpha value is -1.90. The summed E-state index contributed by atoms with van der Waals surface area (Å²) in [4.78, 5) is 15.0. The van der Waals surface area contributed by atoms with Crippen molar-refractivity contribution in [3.05, 3.63) is 53.9 Å². The number of carboxylic acids is 1. The van der Waals surface area contributed by atoms with E-state index >= 15 is 0 Å². The number of hydrogen-bond acceptors (Lipinski definition) is 3. The van der Waals surface area contributed by atoms with E-state index in [1.807, 2.05) is 0 Å². The number of aromatic nitrogens is 3. The van der Waals surface area contributed by atoms with Crippen LogP contribution in [-0.4, -0.2) is 55.2 Å². The van der Waals surface area contributed by atoms with Crippen molar-refractivity contribution in [1.82, 2.24) is 14.6 Å². The molecule has 2 aromatic heterocycles. The third-order valence-electron chi connectivity index (χ3n) is 3.12. The van der Waals surface area contributed by atoms with Gasteiger partial charge in [-0.2, -0.15) is 18.3 Å². The predicted octanol–water partition coefficient (Wildman–Crippen LogP) is 2.73. The maximum atomic E-state index is 12.8. The van der Waals surface area contributed by atoms with Gasteiger partial charge in [0.2, 0.25) is 0 Å². The molecule has 23 heavy (non-hydrogen) atoms. The summed E-state index contributed by atoms with van der Waals surface area (Å²) in [5.41, 5.74) is -0.248. The van der Waals surface area contributed by atoms with Crippen LogP contribution in [-0.2, 0) is 6.18 Å². The number of carboxylic acid groups (broad SMARTS) is 1. The normalized spacial score (nSPS) is 11.3. The van der Waals surface area contributed by atoms with E-state index in [1.54, 1.807) is 0 Å². The summed E-state index contributed by atoms with van der Waals surface area (Å²) in [5.74, 6) is -1.20. The molecule has 0 aliphatic rings. The molecule has 1 N–H and O–H groups in total. The number of halogens is 3. The fraction of sp³-hybridized carbons (Fsp3) is 0.0714. The van der Waals surface area contributed by atoms with E-state index < -0.39 is 17.7 Å². The van der Waals surface area contributed by atoms with Crippen molar-refractivity contribution in [3.8, 4) is 11.3 Å². The van der Waals surface area contributed by atoms with Gasteiger partial charge in [-0.1, -0.05) is 12.1 Å². The Balaban J connectivity index is 0.00000192. The summed E-state index contributed by atoms with van der Waals surface area (Å²) in [6.45, 7) is 0. The molecule has 1 radical (unpaired) electrons. The molecule has 5 nitrogen and oxygen atoms in total. The molecule has 9 heteroatoms. The van der Waals surface area contributed by atoms with Crippen molar-refractivity contribution in [2.75, 3.05) is 0 Å². The maximum Gasteiger partial charge on any atom is 0.416 e. The Labute approximate surface area is 150 Å². The van der Waals surface area contributed by atoms with E-state index in [9.17, 15) is 18.0 Å². The average molecular weight is 330 g/mol. The fourth-order valence-corrected chi connectivity index (χ4v) is 2.12. The second-order valence-electron chi connectivity index (χ2n) is 4.51. The summed E-state index contributed by atoms with van der Waals surface area (Å²) >= 11 is 0. The molecule has 0 saturated carbocycles. The first kappa shape index (κ1) is 17.5. The molecule has 113 valence electrons. The van der Waals surface area contributed by atoms with Gasteiger partial charge in [0.25, 0.3) is 0 Å². The molecule has 0 saturated heterocycles. The van der Waals surface area contributed by atoms with Crippen molar-refractivity contribution < 1.29 is 23.1 Å². The number of nitrogens with zero attached hydrogens (tertiary/aromatic N) is 3. The van der Waals surface area contributed by atoms with Gasteiger partial charge in [-0.05, 0) is 18.2 Å². The second kappa shape index (κ2) is 6.31. The van der Waals surface area contributed by atoms with Crippen LogP contribution in [0.3, 0.4) is 0 Å². The zero-order valence-corrected chi connectivity index (χ0v) is 13.9. The molecule has 2 heterocycles. The van der Waals surface area contributed by atoms with Crippen molar-refractivity contribution in [2.45, 2.75) is 6.18 Å². The van der Waals surface area contributed by atoms with Gasteiger partial charge in [0, 0.05) is 41.3 Å². The summed E-state index contributed by atoms with van der Waals surface area (Å²) < 4.78 is 39.6. The molecule has 0 amide bonds. The first-order valence-electron chi connectivity index (χ1n) is 6.11. The number of alkyl halides is 3. The predicted molar refractivity (Wildman–Crippen MR) is 76.1 cm³/mol. The summed E-state index contributed by atoms with van der Waals surface area (Å²) in [7, 11) is 0. The topological polar surface area (TPSA) is 67.5 Å². The molecule has 1 aromatic carbocycles. The number of fused-ring (bicyclic) bond motifs is 1. The molecule has 0 bridgehead atoms. The summed E-state index contributed by atoms with van der Waals surface area (Å²) in [5, 5.41) is 12.9. The van der Waals surface area contributed by atoms with Gasteiger partial charge in [-0.25, -0.2) is 14.3 Å². The van der Waals surface area contributed by atoms with Gasteiger partial charge >= 0.3 is 12.1 Å². The van der Waals surface area contributed by atoms with Gasteiger partial charge in [-0.15, -0.1) is 0 Å². The SMILES string of the molecule is O=C(O)c1cnn2c(-c3cccc(C(F)(F)F)c3)ccnc12.[Na]. The Morgan fingerprint density at radius 2 is 1.96 bits per heavy atom. The van der Waals surface area contributed by atoms with Gasteiger partial charge in [0.15, 0.2) is 5.65 Å². The molecule has 0 atom stereocenters. The summed E-state index contributed by atoms with van der Waals surface area (Å²) in [6, 6.07) is 6.20. The van der Waals surface area contributed by atoms with Gasteiger partial charge < -0.3 is 5.11 Å². The third kappa shape index (κ3) is 3.24. The molecule has 3 rings (SSSR count). The van der Waals surface area contributed by atoms with Crippen molar-refractivity contribution in [3.63, 3.8) is 0 Å². The Kier molecular flexibility index (Phi) is 4.79. The quantitative estimate of drug-likeness (QED) is 0.734. The van der Waals surface area contributed by atoms with Crippen molar-refractivity contribution in [1.29, 1.82) is 0 Å². The van der Waals surface area contributed by atoms with E-state index in [4.69, 9.17) is 5.11 Å². The van der Waals surface area contributed by atoms with Crippen LogP contribution >= 0.6 is 0 Å². The second-order valence-corrected chi connectivity index (χ2v) is 4.51. The molecule has 3 aromatic rings. The summed E-state index contributed by atoms with van der Waals surface area (Å²) in [6.07, 6.45) is -2.01. The minimum Gasteiger partial charge on any atom is -0.477 e. The molecule has 0 aliphatic carbocycles. The smallest absolute Gasteiger partial charge is 0.416 e. The van der Waals surface area contributed by atoms with Crippen LogP contribution in [0.1, 0.15) is 15.9 Å². The number of carbonyl (C=O) groups is 1. The largest absolute Gasteiger partial charge is 0.477 e. The standard InChI is InChI=1S/C14H8F3N3O2.Na/c15-14(16,17)9-3-1-2-8(6-9)11-4-5-18-12-10(13(21)22)7-19-20(11)12;/h1-7H,(H,21,22);. The Bertz CT molecular complexity index is 877. The van der Waals surface area contributed by atoms with Crippen LogP contribution < -0.4 is 0 Å². The van der Waals surface area contributed by atoms with Crippen LogP contribution in [0.4, 0.5) is 13.2 Å². The number of benzene rings is 1. The van der Waals surface area contributed by atoms with Gasteiger partial charge in [0.1, 0.15) is 5.56 Å². The number of aromatic carboxylic acids is 1. The van der Waals surface area contributed by atoms with Crippen LogP contribution in [0.15, 0.2) is 42.7 Å². The minimum absolute atomic E-state index is 0. The zero-order valence-electron chi connectivity index (χ0n) is 11.9. The van der Waals surface area contributed by atoms with Crippen LogP contribution in [0.25, 0.3) is 16.9 Å².